The molecule has 4 nitrogen and oxygen atoms in total. The molecule has 1 aromatic carbocycles. The van der Waals surface area contributed by atoms with E-state index in [9.17, 15) is 13.5 Å². The molecule has 0 fully saturated rings. The number of aliphatic hydroxyl groups excluding tert-OH is 1. The lowest BCUT2D eigenvalue weighted by atomic mass is 9.87. The molecule has 3 N–H and O–H groups in total. The van der Waals surface area contributed by atoms with Gasteiger partial charge in [0.2, 0.25) is 0 Å². The SMILES string of the molecule is CCC(CC(CN)CO)c1ccc(S(=O)(=O)CC)cc1. The van der Waals surface area contributed by atoms with E-state index in [2.05, 4.69) is 6.92 Å². The summed E-state index contributed by atoms with van der Waals surface area (Å²) in [5, 5.41) is 9.24. The van der Waals surface area contributed by atoms with Gasteiger partial charge < -0.3 is 10.8 Å². The maximum absolute atomic E-state index is 11.8. The number of sulfone groups is 1. The van der Waals surface area contributed by atoms with Crippen LogP contribution in [0.1, 0.15) is 38.2 Å². The van der Waals surface area contributed by atoms with Gasteiger partial charge in [-0.25, -0.2) is 8.42 Å². The number of hydrogen-bond acceptors (Lipinski definition) is 4. The van der Waals surface area contributed by atoms with E-state index in [0.29, 0.717) is 17.4 Å². The summed E-state index contributed by atoms with van der Waals surface area (Å²) in [7, 11) is -3.14. The zero-order valence-electron chi connectivity index (χ0n) is 12.2. The third kappa shape index (κ3) is 4.30. The van der Waals surface area contributed by atoms with Crippen molar-refractivity contribution in [2.45, 2.75) is 37.5 Å². The van der Waals surface area contributed by atoms with Crippen LogP contribution in [-0.2, 0) is 9.84 Å². The summed E-state index contributed by atoms with van der Waals surface area (Å²) >= 11 is 0. The van der Waals surface area contributed by atoms with Crippen molar-refractivity contribution in [3.05, 3.63) is 29.8 Å². The molecule has 0 aromatic heterocycles. The van der Waals surface area contributed by atoms with Gasteiger partial charge in [0.15, 0.2) is 9.84 Å². The fourth-order valence-electron chi connectivity index (χ4n) is 2.30. The minimum absolute atomic E-state index is 0.0926. The highest BCUT2D eigenvalue weighted by atomic mass is 32.2. The molecule has 0 spiro atoms. The van der Waals surface area contributed by atoms with Crippen LogP contribution in [0, 0.1) is 5.92 Å². The van der Waals surface area contributed by atoms with Crippen molar-refractivity contribution in [1.29, 1.82) is 0 Å². The molecule has 0 aliphatic heterocycles. The van der Waals surface area contributed by atoms with Crippen molar-refractivity contribution < 1.29 is 13.5 Å². The first-order chi connectivity index (χ1) is 9.48. The average Bonchev–Trinajstić information content (AvgIpc) is 2.49. The summed E-state index contributed by atoms with van der Waals surface area (Å²) in [5.41, 5.74) is 6.73. The van der Waals surface area contributed by atoms with Crippen molar-refractivity contribution in [3.63, 3.8) is 0 Å². The summed E-state index contributed by atoms with van der Waals surface area (Å²) < 4.78 is 23.5. The van der Waals surface area contributed by atoms with Gasteiger partial charge in [-0.2, -0.15) is 0 Å². The van der Waals surface area contributed by atoms with E-state index in [1.165, 1.54) is 0 Å². The zero-order valence-corrected chi connectivity index (χ0v) is 13.1. The van der Waals surface area contributed by atoms with Crippen molar-refractivity contribution in [2.75, 3.05) is 18.9 Å². The fourth-order valence-corrected chi connectivity index (χ4v) is 3.18. The summed E-state index contributed by atoms with van der Waals surface area (Å²) in [4.78, 5) is 0.371. The van der Waals surface area contributed by atoms with Gasteiger partial charge in [-0.3, -0.25) is 0 Å². The van der Waals surface area contributed by atoms with Gasteiger partial charge in [0.05, 0.1) is 10.6 Å². The molecule has 0 aliphatic carbocycles. The molecule has 1 aromatic rings. The third-order valence-electron chi connectivity index (χ3n) is 3.79. The maximum atomic E-state index is 11.8. The second kappa shape index (κ2) is 7.76. The Bertz CT molecular complexity index is 492. The van der Waals surface area contributed by atoms with E-state index in [-0.39, 0.29) is 18.3 Å². The van der Waals surface area contributed by atoms with Crippen LogP contribution in [-0.4, -0.2) is 32.4 Å². The maximum Gasteiger partial charge on any atom is 0.178 e. The highest BCUT2D eigenvalue weighted by molar-refractivity contribution is 7.91. The van der Waals surface area contributed by atoms with Crippen LogP contribution in [0.3, 0.4) is 0 Å². The molecule has 114 valence electrons. The van der Waals surface area contributed by atoms with E-state index < -0.39 is 9.84 Å². The van der Waals surface area contributed by atoms with Crippen molar-refractivity contribution in [3.8, 4) is 0 Å². The Morgan fingerprint density at radius 3 is 2.20 bits per heavy atom. The van der Waals surface area contributed by atoms with Crippen molar-refractivity contribution in [2.24, 2.45) is 11.7 Å². The predicted molar refractivity (Wildman–Crippen MR) is 81.4 cm³/mol. The molecule has 0 bridgehead atoms. The van der Waals surface area contributed by atoms with Gasteiger partial charge in [0.1, 0.15) is 0 Å². The smallest absolute Gasteiger partial charge is 0.178 e. The molecule has 0 radical (unpaired) electrons. The highest BCUT2D eigenvalue weighted by Crippen LogP contribution is 2.27. The second-order valence-corrected chi connectivity index (χ2v) is 7.38. The Morgan fingerprint density at radius 2 is 1.80 bits per heavy atom. The molecule has 0 saturated carbocycles. The molecule has 20 heavy (non-hydrogen) atoms. The molecular formula is C15H25NO3S. The zero-order chi connectivity index (χ0) is 15.2. The largest absolute Gasteiger partial charge is 0.396 e. The standard InChI is InChI=1S/C15H25NO3S/c1-3-13(9-12(10-16)11-17)14-5-7-15(8-6-14)20(18,19)4-2/h5-8,12-13,17H,3-4,9-11,16H2,1-2H3. The molecule has 2 unspecified atom stereocenters. The lowest BCUT2D eigenvalue weighted by molar-refractivity contribution is 0.214. The summed E-state index contributed by atoms with van der Waals surface area (Å²) in [6, 6.07) is 7.10. The molecule has 0 saturated heterocycles. The van der Waals surface area contributed by atoms with Crippen LogP contribution in [0.25, 0.3) is 0 Å². The van der Waals surface area contributed by atoms with Crippen LogP contribution in [0.5, 0.6) is 0 Å². The Kier molecular flexibility index (Phi) is 6.65. The van der Waals surface area contributed by atoms with Crippen LogP contribution >= 0.6 is 0 Å². The van der Waals surface area contributed by atoms with Gasteiger partial charge >= 0.3 is 0 Å². The molecule has 1 rings (SSSR count). The fraction of sp³-hybridized carbons (Fsp3) is 0.600. The number of aliphatic hydroxyl groups is 1. The number of benzene rings is 1. The van der Waals surface area contributed by atoms with Gasteiger partial charge in [0.25, 0.3) is 0 Å². The number of hydrogen-bond donors (Lipinski definition) is 2. The highest BCUT2D eigenvalue weighted by Gasteiger charge is 2.17. The minimum Gasteiger partial charge on any atom is -0.396 e. The van der Waals surface area contributed by atoms with Crippen LogP contribution in [0.2, 0.25) is 0 Å². The Morgan fingerprint density at radius 1 is 1.20 bits per heavy atom. The van der Waals surface area contributed by atoms with Gasteiger partial charge in [-0.15, -0.1) is 0 Å². The topological polar surface area (TPSA) is 80.4 Å². The lowest BCUT2D eigenvalue weighted by Crippen LogP contribution is -2.20. The van der Waals surface area contributed by atoms with Crippen molar-refractivity contribution in [1.82, 2.24) is 0 Å². The summed E-state index contributed by atoms with van der Waals surface area (Å²) in [6.45, 7) is 4.29. The lowest BCUT2D eigenvalue weighted by Gasteiger charge is -2.20. The van der Waals surface area contributed by atoms with Crippen molar-refractivity contribution >= 4 is 9.84 Å². The van der Waals surface area contributed by atoms with E-state index in [1.807, 2.05) is 12.1 Å². The molecule has 0 heterocycles. The molecule has 5 heteroatoms. The van der Waals surface area contributed by atoms with Crippen LogP contribution in [0.15, 0.2) is 29.2 Å². The third-order valence-corrected chi connectivity index (χ3v) is 5.54. The first kappa shape index (κ1) is 17.1. The van der Waals surface area contributed by atoms with Gasteiger partial charge in [-0.05, 0) is 48.9 Å². The molecule has 0 amide bonds. The van der Waals surface area contributed by atoms with Crippen LogP contribution < -0.4 is 5.73 Å². The molecular weight excluding hydrogens is 274 g/mol. The summed E-state index contributed by atoms with van der Waals surface area (Å²) in [6.07, 6.45) is 1.76. The monoisotopic (exact) mass is 299 g/mol. The van der Waals surface area contributed by atoms with Crippen LogP contribution in [0.4, 0.5) is 0 Å². The van der Waals surface area contributed by atoms with E-state index in [1.54, 1.807) is 19.1 Å². The Labute approximate surface area is 121 Å². The quantitative estimate of drug-likeness (QED) is 0.768. The van der Waals surface area contributed by atoms with E-state index in [4.69, 9.17) is 5.73 Å². The number of rotatable bonds is 8. The predicted octanol–water partition coefficient (Wildman–Crippen LogP) is 1.93. The normalized spacial score (nSPS) is 15.0. The minimum atomic E-state index is -3.14. The van der Waals surface area contributed by atoms with E-state index in [0.717, 1.165) is 18.4 Å². The Hall–Kier alpha value is -0.910. The van der Waals surface area contributed by atoms with Gasteiger partial charge in [0, 0.05) is 6.61 Å². The first-order valence-corrected chi connectivity index (χ1v) is 8.77. The average molecular weight is 299 g/mol. The molecule has 2 atom stereocenters. The number of nitrogens with two attached hydrogens (primary N) is 1. The second-order valence-electron chi connectivity index (χ2n) is 5.10. The summed E-state index contributed by atoms with van der Waals surface area (Å²) in [5.74, 6) is 0.511. The Balaban J connectivity index is 2.90. The first-order valence-electron chi connectivity index (χ1n) is 7.12. The van der Waals surface area contributed by atoms with E-state index >= 15 is 0 Å². The molecule has 0 aliphatic rings. The van der Waals surface area contributed by atoms with Gasteiger partial charge in [-0.1, -0.05) is 26.0 Å².